The van der Waals surface area contributed by atoms with E-state index in [1.807, 2.05) is 13.8 Å². The predicted octanol–water partition coefficient (Wildman–Crippen LogP) is 2.17. The predicted molar refractivity (Wildman–Crippen MR) is 77.9 cm³/mol. The highest BCUT2D eigenvalue weighted by Gasteiger charge is 2.20. The number of nitrogens with one attached hydrogen (secondary N) is 1. The average molecular weight is 320 g/mol. The molecule has 0 aliphatic heterocycles. The van der Waals surface area contributed by atoms with Crippen molar-refractivity contribution in [1.29, 1.82) is 0 Å². The molecule has 20 heavy (non-hydrogen) atoms. The van der Waals surface area contributed by atoms with Gasteiger partial charge in [-0.05, 0) is 36.1 Å². The van der Waals surface area contributed by atoms with Gasteiger partial charge in [0.1, 0.15) is 5.75 Å². The second-order valence-corrected chi connectivity index (χ2v) is 7.24. The molecular weight excluding hydrogens is 302 g/mol. The summed E-state index contributed by atoms with van der Waals surface area (Å²) in [6.45, 7) is 5.30. The summed E-state index contributed by atoms with van der Waals surface area (Å²) in [6, 6.07) is 3.09. The van der Waals surface area contributed by atoms with Crippen molar-refractivity contribution in [2.75, 3.05) is 13.7 Å². The molecular formula is C13H18ClNO4S. The zero-order valence-corrected chi connectivity index (χ0v) is 13.4. The van der Waals surface area contributed by atoms with Crippen LogP contribution in [0.4, 0.5) is 0 Å². The maximum atomic E-state index is 11.6. The Bertz CT molecular complexity index is 611. The number of ether oxygens (including phenoxy) is 1. The fourth-order valence-electron chi connectivity index (χ4n) is 1.71. The molecule has 5 nitrogen and oxygen atoms in total. The highest BCUT2D eigenvalue weighted by Crippen LogP contribution is 2.32. The summed E-state index contributed by atoms with van der Waals surface area (Å²) in [6.07, 6.45) is 0. The van der Waals surface area contributed by atoms with Gasteiger partial charge in [0.25, 0.3) is 15.0 Å². The van der Waals surface area contributed by atoms with Crippen molar-refractivity contribution in [3.05, 3.63) is 23.3 Å². The summed E-state index contributed by atoms with van der Waals surface area (Å²) >= 11 is 0. The van der Waals surface area contributed by atoms with Crippen LogP contribution in [0.5, 0.6) is 5.75 Å². The Labute approximate surface area is 123 Å². The maximum Gasteiger partial charge on any atom is 0.261 e. The molecule has 1 N–H and O–H groups in total. The lowest BCUT2D eigenvalue weighted by molar-refractivity contribution is -0.122. The Morgan fingerprint density at radius 1 is 1.40 bits per heavy atom. The van der Waals surface area contributed by atoms with Crippen molar-refractivity contribution in [3.63, 3.8) is 0 Å². The van der Waals surface area contributed by atoms with E-state index >= 15 is 0 Å². The van der Waals surface area contributed by atoms with Gasteiger partial charge < -0.3 is 10.1 Å². The number of benzene rings is 1. The van der Waals surface area contributed by atoms with Gasteiger partial charge in [-0.15, -0.1) is 0 Å². The molecule has 0 aliphatic carbocycles. The number of amides is 1. The highest BCUT2D eigenvalue weighted by molar-refractivity contribution is 8.13. The third-order valence-electron chi connectivity index (χ3n) is 2.83. The van der Waals surface area contributed by atoms with Gasteiger partial charge in [-0.1, -0.05) is 13.8 Å². The molecule has 0 radical (unpaired) electrons. The van der Waals surface area contributed by atoms with Gasteiger partial charge >= 0.3 is 0 Å². The number of carbonyl (C=O) groups is 1. The molecule has 0 spiro atoms. The number of carbonyl (C=O) groups excluding carboxylic acids is 1. The molecule has 1 amide bonds. The lowest BCUT2D eigenvalue weighted by Crippen LogP contribution is -2.25. The molecule has 0 saturated carbocycles. The first-order valence-corrected chi connectivity index (χ1v) is 8.40. The van der Waals surface area contributed by atoms with Gasteiger partial charge in [0.05, 0.1) is 4.90 Å². The Morgan fingerprint density at radius 3 is 2.45 bits per heavy atom. The van der Waals surface area contributed by atoms with Crippen LogP contribution in [0.2, 0.25) is 0 Å². The van der Waals surface area contributed by atoms with Crippen LogP contribution in [-0.4, -0.2) is 28.0 Å². The van der Waals surface area contributed by atoms with Crippen LogP contribution in [0.15, 0.2) is 17.0 Å². The van der Waals surface area contributed by atoms with E-state index in [0.29, 0.717) is 16.9 Å². The quantitative estimate of drug-likeness (QED) is 0.844. The second kappa shape index (κ2) is 6.45. The number of likely N-dealkylation sites (N-methyl/N-ethyl adjacent to an activating group) is 1. The number of halogens is 1. The molecule has 0 heterocycles. The molecule has 0 unspecified atom stereocenters. The summed E-state index contributed by atoms with van der Waals surface area (Å²) in [5.41, 5.74) is 1.18. The van der Waals surface area contributed by atoms with Crippen LogP contribution in [-0.2, 0) is 13.8 Å². The largest absolute Gasteiger partial charge is 0.483 e. The number of aryl methyl sites for hydroxylation is 1. The zero-order chi connectivity index (χ0) is 15.5. The van der Waals surface area contributed by atoms with Gasteiger partial charge in [0, 0.05) is 17.7 Å². The molecule has 1 aromatic carbocycles. The van der Waals surface area contributed by atoms with E-state index in [4.69, 9.17) is 15.4 Å². The van der Waals surface area contributed by atoms with Crippen LogP contribution >= 0.6 is 10.7 Å². The molecule has 0 bridgehead atoms. The number of rotatable bonds is 5. The maximum absolute atomic E-state index is 11.6. The van der Waals surface area contributed by atoms with Crippen LogP contribution in [0.1, 0.15) is 30.9 Å². The van der Waals surface area contributed by atoms with Crippen LogP contribution in [0.25, 0.3) is 0 Å². The topological polar surface area (TPSA) is 72.5 Å². The summed E-state index contributed by atoms with van der Waals surface area (Å²) < 4.78 is 28.6. The molecule has 1 rings (SSSR count). The van der Waals surface area contributed by atoms with Crippen LogP contribution in [0, 0.1) is 6.92 Å². The summed E-state index contributed by atoms with van der Waals surface area (Å²) in [4.78, 5) is 11.3. The summed E-state index contributed by atoms with van der Waals surface area (Å²) in [5, 5.41) is 2.45. The summed E-state index contributed by atoms with van der Waals surface area (Å²) in [7, 11) is 3.15. The molecule has 0 atom stereocenters. The minimum atomic E-state index is -3.82. The van der Waals surface area contributed by atoms with Crippen molar-refractivity contribution in [1.82, 2.24) is 5.32 Å². The van der Waals surface area contributed by atoms with Crippen molar-refractivity contribution >= 4 is 25.6 Å². The van der Waals surface area contributed by atoms with E-state index in [2.05, 4.69) is 5.32 Å². The number of hydrogen-bond donors (Lipinski definition) is 1. The minimum absolute atomic E-state index is 0.0403. The van der Waals surface area contributed by atoms with Crippen molar-refractivity contribution in [3.8, 4) is 5.75 Å². The Balaban J connectivity index is 3.24. The average Bonchev–Trinajstić information content (AvgIpc) is 2.35. The first-order chi connectivity index (χ1) is 9.16. The Kier molecular flexibility index (Phi) is 5.42. The van der Waals surface area contributed by atoms with Gasteiger partial charge in [-0.25, -0.2) is 8.42 Å². The lowest BCUT2D eigenvalue weighted by Gasteiger charge is -2.15. The highest BCUT2D eigenvalue weighted by atomic mass is 35.7. The molecule has 1 aromatic rings. The fourth-order valence-corrected chi connectivity index (χ4v) is 3.01. The molecule has 0 aromatic heterocycles. The van der Waals surface area contributed by atoms with Gasteiger partial charge in [0.15, 0.2) is 6.61 Å². The van der Waals surface area contributed by atoms with E-state index in [1.165, 1.54) is 13.1 Å². The Hall–Kier alpha value is -1.27. The second-order valence-electron chi connectivity index (χ2n) is 4.71. The van der Waals surface area contributed by atoms with Crippen LogP contribution in [0.3, 0.4) is 0 Å². The van der Waals surface area contributed by atoms with E-state index in [9.17, 15) is 13.2 Å². The molecule has 112 valence electrons. The molecule has 7 heteroatoms. The first-order valence-electron chi connectivity index (χ1n) is 6.09. The van der Waals surface area contributed by atoms with Crippen LogP contribution < -0.4 is 10.1 Å². The van der Waals surface area contributed by atoms with Crippen molar-refractivity contribution < 1.29 is 17.9 Å². The van der Waals surface area contributed by atoms with E-state index in [0.717, 1.165) is 0 Å². The molecule has 0 aliphatic rings. The van der Waals surface area contributed by atoms with E-state index < -0.39 is 9.05 Å². The SMILES string of the molecule is CNC(=O)COc1cc(C(C)C)c(S(=O)(=O)Cl)cc1C. The standard InChI is InChI=1S/C13H18ClNO4S/c1-8(2)10-6-11(19-7-13(16)15-4)9(3)5-12(10)20(14,17)18/h5-6,8H,7H2,1-4H3,(H,15,16). The first kappa shape index (κ1) is 16.8. The van der Waals surface area contributed by atoms with E-state index in [1.54, 1.807) is 13.0 Å². The number of hydrogen-bond acceptors (Lipinski definition) is 4. The lowest BCUT2D eigenvalue weighted by atomic mass is 10.0. The summed E-state index contributed by atoms with van der Waals surface area (Å²) in [5.74, 6) is 0.174. The zero-order valence-electron chi connectivity index (χ0n) is 11.9. The van der Waals surface area contributed by atoms with E-state index in [-0.39, 0.29) is 23.3 Å². The third kappa shape index (κ3) is 4.11. The Morgan fingerprint density at radius 2 is 2.00 bits per heavy atom. The van der Waals surface area contributed by atoms with Gasteiger partial charge in [-0.2, -0.15) is 0 Å². The minimum Gasteiger partial charge on any atom is -0.483 e. The van der Waals surface area contributed by atoms with Crippen molar-refractivity contribution in [2.24, 2.45) is 0 Å². The third-order valence-corrected chi connectivity index (χ3v) is 4.21. The molecule has 0 saturated heterocycles. The van der Waals surface area contributed by atoms with Gasteiger partial charge in [0.2, 0.25) is 0 Å². The normalized spacial score (nSPS) is 11.5. The molecule has 0 fully saturated rings. The monoisotopic (exact) mass is 319 g/mol. The van der Waals surface area contributed by atoms with Crippen molar-refractivity contribution in [2.45, 2.75) is 31.6 Å². The smallest absolute Gasteiger partial charge is 0.261 e. The fraction of sp³-hybridized carbons (Fsp3) is 0.462. The van der Waals surface area contributed by atoms with Gasteiger partial charge in [-0.3, -0.25) is 4.79 Å².